The van der Waals surface area contributed by atoms with Gasteiger partial charge in [0.25, 0.3) is 0 Å². The number of nitrogens with zero attached hydrogens (tertiary/aromatic N) is 1. The van der Waals surface area contributed by atoms with E-state index in [0.717, 1.165) is 13.1 Å². The summed E-state index contributed by atoms with van der Waals surface area (Å²) in [7, 11) is 0. The van der Waals surface area contributed by atoms with E-state index in [1.807, 2.05) is 18.7 Å². The third kappa shape index (κ3) is 4.16. The van der Waals surface area contributed by atoms with Gasteiger partial charge >= 0.3 is 0 Å². The molecule has 0 unspecified atom stereocenters. The highest BCUT2D eigenvalue weighted by Crippen LogP contribution is 2.02. The topological polar surface area (TPSA) is 42.7 Å². The van der Waals surface area contributed by atoms with E-state index >= 15 is 0 Å². The summed E-state index contributed by atoms with van der Waals surface area (Å²) >= 11 is 0. The normalized spacial score (nSPS) is 10.9. The molecule has 4 heteroatoms. The van der Waals surface area contributed by atoms with Crippen LogP contribution in [0.5, 0.6) is 0 Å². The van der Waals surface area contributed by atoms with Gasteiger partial charge in [0.15, 0.2) is 5.76 Å². The van der Waals surface area contributed by atoms with Crippen LogP contribution in [0.25, 0.3) is 0 Å². The van der Waals surface area contributed by atoms with Crippen LogP contribution in [-0.4, -0.2) is 43.5 Å². The molecular weight excluding hydrogens is 206 g/mol. The summed E-state index contributed by atoms with van der Waals surface area (Å²) in [5, 5.41) is 0. The van der Waals surface area contributed by atoms with E-state index < -0.39 is 0 Å². The maximum absolute atomic E-state index is 11.7. The number of carbonyl (C=O) groups is 1. The maximum atomic E-state index is 11.7. The van der Waals surface area contributed by atoms with Crippen LogP contribution in [0.15, 0.2) is 22.8 Å². The van der Waals surface area contributed by atoms with Gasteiger partial charge in [-0.25, -0.2) is 0 Å². The molecule has 0 N–H and O–H groups in total. The lowest BCUT2D eigenvalue weighted by molar-refractivity contribution is 0.0844. The van der Waals surface area contributed by atoms with E-state index in [-0.39, 0.29) is 5.78 Å². The van der Waals surface area contributed by atoms with Gasteiger partial charge in [-0.05, 0) is 25.6 Å². The maximum Gasteiger partial charge on any atom is 0.211 e. The average Bonchev–Trinajstić information content (AvgIpc) is 2.81. The molecule has 0 saturated heterocycles. The lowest BCUT2D eigenvalue weighted by Gasteiger charge is -2.18. The fraction of sp³-hybridized carbons (Fsp3) is 0.583. The fourth-order valence-corrected chi connectivity index (χ4v) is 1.41. The molecule has 0 aliphatic carbocycles. The molecule has 16 heavy (non-hydrogen) atoms. The Morgan fingerprint density at radius 1 is 1.50 bits per heavy atom. The zero-order chi connectivity index (χ0) is 11.8. The molecule has 0 aliphatic heterocycles. The first-order chi connectivity index (χ1) is 7.77. The molecule has 1 rings (SSSR count). The molecule has 0 amide bonds. The molecule has 0 saturated carbocycles. The highest BCUT2D eigenvalue weighted by molar-refractivity contribution is 5.94. The molecule has 90 valence electrons. The minimum atomic E-state index is 0.0170. The Balaban J connectivity index is 2.35. The molecule has 1 aromatic heterocycles. The van der Waals surface area contributed by atoms with Gasteiger partial charge in [0.1, 0.15) is 0 Å². The second-order valence-electron chi connectivity index (χ2n) is 3.47. The van der Waals surface area contributed by atoms with Crippen molar-refractivity contribution in [2.24, 2.45) is 0 Å². The van der Waals surface area contributed by atoms with Crippen LogP contribution >= 0.6 is 0 Å². The van der Waals surface area contributed by atoms with E-state index in [2.05, 4.69) is 0 Å². The average molecular weight is 225 g/mol. The van der Waals surface area contributed by atoms with Gasteiger partial charge in [-0.3, -0.25) is 9.69 Å². The van der Waals surface area contributed by atoms with Gasteiger partial charge < -0.3 is 9.15 Å². The van der Waals surface area contributed by atoms with Gasteiger partial charge in [-0.15, -0.1) is 0 Å². The number of ketones is 1. The summed E-state index contributed by atoms with van der Waals surface area (Å²) in [6.07, 6.45) is 1.52. The Labute approximate surface area is 96.2 Å². The highest BCUT2D eigenvalue weighted by atomic mass is 16.5. The Bertz CT molecular complexity index is 295. The standard InChI is InChI=1S/C12H19NO3/c1-3-13(7-9-15-4-2)10-11(14)12-6-5-8-16-12/h5-6,8H,3-4,7,9-10H2,1-2H3. The Morgan fingerprint density at radius 2 is 2.31 bits per heavy atom. The number of carbonyl (C=O) groups excluding carboxylic acids is 1. The van der Waals surface area contributed by atoms with Crippen LogP contribution in [0.2, 0.25) is 0 Å². The van der Waals surface area contributed by atoms with Gasteiger partial charge in [-0.2, -0.15) is 0 Å². The van der Waals surface area contributed by atoms with Crippen molar-refractivity contribution >= 4 is 5.78 Å². The Morgan fingerprint density at radius 3 is 2.88 bits per heavy atom. The number of furan rings is 1. The van der Waals surface area contributed by atoms with Crippen LogP contribution in [0.3, 0.4) is 0 Å². The molecule has 4 nitrogen and oxygen atoms in total. The second kappa shape index (κ2) is 7.19. The zero-order valence-electron chi connectivity index (χ0n) is 9.94. The summed E-state index contributed by atoms with van der Waals surface area (Å²) in [6, 6.07) is 3.42. The lowest BCUT2D eigenvalue weighted by Crippen LogP contribution is -2.32. The monoisotopic (exact) mass is 225 g/mol. The highest BCUT2D eigenvalue weighted by Gasteiger charge is 2.12. The number of hydrogen-bond donors (Lipinski definition) is 0. The van der Waals surface area contributed by atoms with E-state index in [1.54, 1.807) is 12.1 Å². The van der Waals surface area contributed by atoms with E-state index in [0.29, 0.717) is 25.5 Å². The van der Waals surface area contributed by atoms with Crippen molar-refractivity contribution in [3.05, 3.63) is 24.2 Å². The number of rotatable bonds is 8. The predicted octanol–water partition coefficient (Wildman–Crippen LogP) is 1.82. The van der Waals surface area contributed by atoms with Gasteiger partial charge in [0, 0.05) is 13.2 Å². The molecule has 0 aromatic carbocycles. The summed E-state index contributed by atoms with van der Waals surface area (Å²) < 4.78 is 10.3. The number of ether oxygens (including phenoxy) is 1. The molecule has 0 spiro atoms. The third-order valence-electron chi connectivity index (χ3n) is 2.37. The zero-order valence-corrected chi connectivity index (χ0v) is 9.94. The molecule has 0 atom stereocenters. The first-order valence-corrected chi connectivity index (χ1v) is 5.64. The predicted molar refractivity (Wildman–Crippen MR) is 61.6 cm³/mol. The van der Waals surface area contributed by atoms with Crippen molar-refractivity contribution in [1.82, 2.24) is 4.90 Å². The largest absolute Gasteiger partial charge is 0.461 e. The van der Waals surface area contributed by atoms with Crippen molar-refractivity contribution in [2.45, 2.75) is 13.8 Å². The molecule has 0 fully saturated rings. The number of Topliss-reactive ketones (excluding diaryl/α,β-unsaturated/α-hetero) is 1. The summed E-state index contributed by atoms with van der Waals surface area (Å²) in [4.78, 5) is 13.8. The third-order valence-corrected chi connectivity index (χ3v) is 2.37. The van der Waals surface area contributed by atoms with Crippen LogP contribution in [0, 0.1) is 0 Å². The van der Waals surface area contributed by atoms with Crippen LogP contribution in [0.1, 0.15) is 24.4 Å². The van der Waals surface area contributed by atoms with Crippen LogP contribution in [-0.2, 0) is 4.74 Å². The quantitative estimate of drug-likeness (QED) is 0.500. The summed E-state index contributed by atoms with van der Waals surface area (Å²) in [5.74, 6) is 0.443. The van der Waals surface area contributed by atoms with Gasteiger partial charge in [0.2, 0.25) is 5.78 Å². The fourth-order valence-electron chi connectivity index (χ4n) is 1.41. The molecule has 0 radical (unpaired) electrons. The van der Waals surface area contributed by atoms with Crippen molar-refractivity contribution in [3.8, 4) is 0 Å². The van der Waals surface area contributed by atoms with Crippen molar-refractivity contribution in [1.29, 1.82) is 0 Å². The number of hydrogen-bond acceptors (Lipinski definition) is 4. The lowest BCUT2D eigenvalue weighted by atomic mass is 10.3. The van der Waals surface area contributed by atoms with E-state index in [1.165, 1.54) is 6.26 Å². The summed E-state index contributed by atoms with van der Waals surface area (Å²) in [5.41, 5.74) is 0. The first kappa shape index (κ1) is 12.9. The van der Waals surface area contributed by atoms with E-state index in [4.69, 9.17) is 9.15 Å². The van der Waals surface area contributed by atoms with Crippen molar-refractivity contribution in [2.75, 3.05) is 32.8 Å². The van der Waals surface area contributed by atoms with Crippen LogP contribution < -0.4 is 0 Å². The van der Waals surface area contributed by atoms with Gasteiger partial charge in [0.05, 0.1) is 19.4 Å². The smallest absolute Gasteiger partial charge is 0.211 e. The summed E-state index contributed by atoms with van der Waals surface area (Å²) in [6.45, 7) is 7.36. The first-order valence-electron chi connectivity index (χ1n) is 5.64. The molecule has 1 aromatic rings. The Hall–Kier alpha value is -1.13. The molecule has 0 aliphatic rings. The van der Waals surface area contributed by atoms with Crippen LogP contribution in [0.4, 0.5) is 0 Å². The molecule has 1 heterocycles. The molecule has 0 bridgehead atoms. The minimum Gasteiger partial charge on any atom is -0.461 e. The van der Waals surface area contributed by atoms with Crippen molar-refractivity contribution < 1.29 is 13.9 Å². The number of likely N-dealkylation sites (N-methyl/N-ethyl adjacent to an activating group) is 1. The SMILES string of the molecule is CCOCCN(CC)CC(=O)c1ccco1. The van der Waals surface area contributed by atoms with E-state index in [9.17, 15) is 4.79 Å². The molecular formula is C12H19NO3. The van der Waals surface area contributed by atoms with Gasteiger partial charge in [-0.1, -0.05) is 6.92 Å². The minimum absolute atomic E-state index is 0.0170. The van der Waals surface area contributed by atoms with Crippen molar-refractivity contribution in [3.63, 3.8) is 0 Å². The second-order valence-corrected chi connectivity index (χ2v) is 3.47. The Kier molecular flexibility index (Phi) is 5.82.